The first kappa shape index (κ1) is 15.0. The first-order chi connectivity index (χ1) is 10.6. The van der Waals surface area contributed by atoms with E-state index in [0.717, 1.165) is 9.88 Å². The molecule has 0 atom stereocenters. The maximum atomic E-state index is 12.6. The van der Waals surface area contributed by atoms with Gasteiger partial charge in [-0.2, -0.15) is 0 Å². The average Bonchev–Trinajstić information content (AvgIpc) is 3.20. The molecule has 0 fully saturated rings. The third-order valence-electron chi connectivity index (χ3n) is 3.43. The second-order valence-electron chi connectivity index (χ2n) is 5.09. The number of hydrogen-bond donors (Lipinski definition) is 0. The largest absolute Gasteiger partial charge is 0.462 e. The van der Waals surface area contributed by atoms with Crippen LogP contribution in [0.1, 0.15) is 25.8 Å². The second-order valence-corrected chi connectivity index (χ2v) is 7.29. The summed E-state index contributed by atoms with van der Waals surface area (Å²) in [5, 5.41) is 2.79. The Balaban J connectivity index is 1.81. The van der Waals surface area contributed by atoms with Gasteiger partial charge in [0.05, 0.1) is 12.8 Å². The zero-order valence-electron chi connectivity index (χ0n) is 12.6. The van der Waals surface area contributed by atoms with E-state index in [9.17, 15) is 4.79 Å². The predicted octanol–water partition coefficient (Wildman–Crippen LogP) is 4.35. The van der Waals surface area contributed by atoms with Crippen molar-refractivity contribution in [1.29, 1.82) is 0 Å². The Kier molecular flexibility index (Phi) is 4.13. The number of rotatable bonds is 4. The number of carbonyl (C=O) groups excluding carboxylic acids is 1. The molecule has 0 saturated carbocycles. The van der Waals surface area contributed by atoms with Crippen molar-refractivity contribution in [3.63, 3.8) is 0 Å². The minimum absolute atomic E-state index is 0.0562. The Labute approximate surface area is 137 Å². The smallest absolute Gasteiger partial charge is 0.273 e. The Hall–Kier alpha value is -1.92. The summed E-state index contributed by atoms with van der Waals surface area (Å²) in [5.74, 6) is 0.642. The van der Waals surface area contributed by atoms with E-state index in [2.05, 4.69) is 18.0 Å². The third-order valence-corrected chi connectivity index (χ3v) is 5.42. The molecule has 1 amide bonds. The molecule has 3 heterocycles. The van der Waals surface area contributed by atoms with Crippen LogP contribution in [0.3, 0.4) is 0 Å². The van der Waals surface area contributed by atoms with Gasteiger partial charge in [0.1, 0.15) is 5.69 Å². The molecule has 114 valence electrons. The molecular formula is C16H16N2O2S2. The summed E-state index contributed by atoms with van der Waals surface area (Å²) in [6.45, 7) is 4.59. The first-order valence-electron chi connectivity index (χ1n) is 6.86. The molecule has 0 N–H and O–H groups in total. The van der Waals surface area contributed by atoms with Crippen LogP contribution < -0.4 is 0 Å². The molecule has 0 unspecified atom stereocenters. The third kappa shape index (κ3) is 2.84. The van der Waals surface area contributed by atoms with E-state index in [0.29, 0.717) is 18.0 Å². The summed E-state index contributed by atoms with van der Waals surface area (Å²) < 4.78 is 5.35. The molecular weight excluding hydrogens is 316 g/mol. The minimum Gasteiger partial charge on any atom is -0.462 e. The molecule has 3 aromatic heterocycles. The number of nitrogens with zero attached hydrogens (tertiary/aromatic N) is 2. The molecule has 3 rings (SSSR count). The van der Waals surface area contributed by atoms with Gasteiger partial charge in [-0.05, 0) is 43.0 Å². The lowest BCUT2D eigenvalue weighted by Crippen LogP contribution is -2.26. The van der Waals surface area contributed by atoms with Crippen molar-refractivity contribution >= 4 is 28.6 Å². The normalized spacial score (nSPS) is 10.9. The summed E-state index contributed by atoms with van der Waals surface area (Å²) in [6, 6.07) is 5.74. The molecule has 6 heteroatoms. The highest BCUT2D eigenvalue weighted by Gasteiger charge is 2.21. The van der Waals surface area contributed by atoms with Gasteiger partial charge in [-0.15, -0.1) is 22.7 Å². The van der Waals surface area contributed by atoms with Gasteiger partial charge in [-0.1, -0.05) is 0 Å². The standard InChI is InChI=1S/C16H16N2O2S2/c1-10-6-8-21-13(10)9-18(3)16(19)14-11(2)22-15(17-14)12-5-4-7-20-12/h4-8H,9H2,1-3H3. The van der Waals surface area contributed by atoms with Gasteiger partial charge >= 0.3 is 0 Å². The summed E-state index contributed by atoms with van der Waals surface area (Å²) in [6.07, 6.45) is 1.61. The fourth-order valence-corrected chi connectivity index (χ4v) is 3.97. The lowest BCUT2D eigenvalue weighted by molar-refractivity contribution is 0.0780. The van der Waals surface area contributed by atoms with E-state index in [1.807, 2.05) is 31.5 Å². The SMILES string of the molecule is Cc1ccsc1CN(C)C(=O)c1nc(-c2ccco2)sc1C. The number of thiophene rings is 1. The molecule has 0 spiro atoms. The monoisotopic (exact) mass is 332 g/mol. The van der Waals surface area contributed by atoms with Crippen LogP contribution >= 0.6 is 22.7 Å². The number of aryl methyl sites for hydroxylation is 2. The molecule has 0 bridgehead atoms. The zero-order chi connectivity index (χ0) is 15.7. The van der Waals surface area contributed by atoms with E-state index in [1.54, 1.807) is 22.5 Å². The number of aromatic nitrogens is 1. The van der Waals surface area contributed by atoms with Gasteiger partial charge in [0.25, 0.3) is 5.91 Å². The summed E-state index contributed by atoms with van der Waals surface area (Å²) in [4.78, 5) is 20.9. The molecule has 0 radical (unpaired) electrons. The number of thiazole rings is 1. The van der Waals surface area contributed by atoms with Gasteiger partial charge in [-0.3, -0.25) is 4.79 Å². The molecule has 3 aromatic rings. The lowest BCUT2D eigenvalue weighted by Gasteiger charge is -2.16. The van der Waals surface area contributed by atoms with E-state index >= 15 is 0 Å². The van der Waals surface area contributed by atoms with Gasteiger partial charge in [0.15, 0.2) is 10.8 Å². The van der Waals surface area contributed by atoms with E-state index in [4.69, 9.17) is 4.42 Å². The Morgan fingerprint density at radius 1 is 1.36 bits per heavy atom. The van der Waals surface area contributed by atoms with Crippen molar-refractivity contribution in [3.8, 4) is 10.8 Å². The van der Waals surface area contributed by atoms with E-state index in [1.165, 1.54) is 21.8 Å². The second kappa shape index (κ2) is 6.06. The Morgan fingerprint density at radius 2 is 2.18 bits per heavy atom. The van der Waals surface area contributed by atoms with Crippen molar-refractivity contribution in [1.82, 2.24) is 9.88 Å². The number of carbonyl (C=O) groups is 1. The minimum atomic E-state index is -0.0562. The van der Waals surface area contributed by atoms with Crippen LogP contribution in [0.4, 0.5) is 0 Å². The number of amides is 1. The van der Waals surface area contributed by atoms with Gasteiger partial charge in [0.2, 0.25) is 0 Å². The Morgan fingerprint density at radius 3 is 2.82 bits per heavy atom. The quantitative estimate of drug-likeness (QED) is 0.713. The van der Waals surface area contributed by atoms with Crippen molar-refractivity contribution < 1.29 is 9.21 Å². The van der Waals surface area contributed by atoms with Crippen LogP contribution in [0.15, 0.2) is 34.3 Å². The topological polar surface area (TPSA) is 46.3 Å². The fourth-order valence-electron chi connectivity index (χ4n) is 2.13. The maximum Gasteiger partial charge on any atom is 0.273 e. The highest BCUT2D eigenvalue weighted by Crippen LogP contribution is 2.29. The molecule has 0 saturated heterocycles. The van der Waals surface area contributed by atoms with Crippen molar-refractivity contribution in [3.05, 3.63) is 50.9 Å². The lowest BCUT2D eigenvalue weighted by atomic mass is 10.2. The average molecular weight is 332 g/mol. The zero-order valence-corrected chi connectivity index (χ0v) is 14.3. The molecule has 0 aliphatic heterocycles. The summed E-state index contributed by atoms with van der Waals surface area (Å²) >= 11 is 3.15. The summed E-state index contributed by atoms with van der Waals surface area (Å²) in [5.41, 5.74) is 1.73. The van der Waals surface area contributed by atoms with Gasteiger partial charge in [0, 0.05) is 16.8 Å². The first-order valence-corrected chi connectivity index (χ1v) is 8.55. The van der Waals surface area contributed by atoms with Crippen LogP contribution in [0.2, 0.25) is 0 Å². The maximum absolute atomic E-state index is 12.6. The van der Waals surface area contributed by atoms with E-state index in [-0.39, 0.29) is 5.91 Å². The number of hydrogen-bond acceptors (Lipinski definition) is 5. The van der Waals surface area contributed by atoms with Crippen LogP contribution in [-0.4, -0.2) is 22.8 Å². The van der Waals surface area contributed by atoms with Crippen LogP contribution in [-0.2, 0) is 6.54 Å². The van der Waals surface area contributed by atoms with Crippen LogP contribution in [0, 0.1) is 13.8 Å². The van der Waals surface area contributed by atoms with Crippen LogP contribution in [0.25, 0.3) is 10.8 Å². The summed E-state index contributed by atoms with van der Waals surface area (Å²) in [7, 11) is 1.81. The Bertz CT molecular complexity index is 787. The molecule has 0 aliphatic carbocycles. The van der Waals surface area contributed by atoms with E-state index < -0.39 is 0 Å². The molecule has 0 aliphatic rings. The molecule has 0 aromatic carbocycles. The highest BCUT2D eigenvalue weighted by atomic mass is 32.1. The fraction of sp³-hybridized carbons (Fsp3) is 0.250. The van der Waals surface area contributed by atoms with Crippen molar-refractivity contribution in [2.45, 2.75) is 20.4 Å². The predicted molar refractivity (Wildman–Crippen MR) is 89.4 cm³/mol. The van der Waals surface area contributed by atoms with Gasteiger partial charge < -0.3 is 9.32 Å². The van der Waals surface area contributed by atoms with Gasteiger partial charge in [-0.25, -0.2) is 4.98 Å². The van der Waals surface area contributed by atoms with Crippen molar-refractivity contribution in [2.24, 2.45) is 0 Å². The van der Waals surface area contributed by atoms with Crippen molar-refractivity contribution in [2.75, 3.05) is 7.05 Å². The number of furan rings is 1. The molecule has 4 nitrogen and oxygen atoms in total. The van der Waals surface area contributed by atoms with Crippen LogP contribution in [0.5, 0.6) is 0 Å². The highest BCUT2D eigenvalue weighted by molar-refractivity contribution is 7.15. The molecule has 22 heavy (non-hydrogen) atoms.